The van der Waals surface area contributed by atoms with Gasteiger partial charge in [-0.15, -0.1) is 0 Å². The summed E-state index contributed by atoms with van der Waals surface area (Å²) in [6, 6.07) is 19.0. The summed E-state index contributed by atoms with van der Waals surface area (Å²) < 4.78 is 28.6. The number of rotatable bonds is 11. The zero-order valence-corrected chi connectivity index (χ0v) is 23.9. The number of carbonyl (C=O) groups is 2. The van der Waals surface area contributed by atoms with Crippen molar-refractivity contribution in [2.75, 3.05) is 17.4 Å². The van der Waals surface area contributed by atoms with E-state index in [1.165, 1.54) is 35.2 Å². The zero-order valence-electron chi connectivity index (χ0n) is 21.5. The van der Waals surface area contributed by atoms with Crippen LogP contribution < -0.4 is 9.62 Å². The summed E-state index contributed by atoms with van der Waals surface area (Å²) in [7, 11) is -4.22. The number of nitrogens with one attached hydrogen (secondary N) is 1. The summed E-state index contributed by atoms with van der Waals surface area (Å²) in [5.41, 5.74) is 1.89. The SMILES string of the molecule is CCNC(=O)[C@@H](CC)N(Cc1cccc(C)c1)C(=O)CN(c1cc(Cl)ccc1Cl)S(=O)(=O)c1ccccc1. The Bertz CT molecular complexity index is 1380. The molecule has 202 valence electrons. The quantitative estimate of drug-likeness (QED) is 0.330. The standard InChI is InChI=1S/C28H31Cl2N3O4S/c1-4-25(28(35)31-5-2)32(18-21-11-9-10-20(3)16-21)27(34)19-33(26-17-22(29)14-15-24(26)30)38(36,37)23-12-7-6-8-13-23/h6-17,25H,4-5,18-19H2,1-3H3,(H,31,35)/t25-/m1/s1. The largest absolute Gasteiger partial charge is 0.355 e. The van der Waals surface area contributed by atoms with Crippen LogP contribution in [-0.4, -0.2) is 44.3 Å². The summed E-state index contributed by atoms with van der Waals surface area (Å²) >= 11 is 12.6. The van der Waals surface area contributed by atoms with E-state index >= 15 is 0 Å². The number of anilines is 1. The lowest BCUT2D eigenvalue weighted by molar-refractivity contribution is -0.140. The van der Waals surface area contributed by atoms with Gasteiger partial charge in [-0.05, 0) is 56.2 Å². The van der Waals surface area contributed by atoms with Gasteiger partial charge >= 0.3 is 0 Å². The van der Waals surface area contributed by atoms with Gasteiger partial charge in [-0.3, -0.25) is 13.9 Å². The molecule has 0 saturated heterocycles. The van der Waals surface area contributed by atoms with Gasteiger partial charge in [-0.2, -0.15) is 0 Å². The molecule has 0 aliphatic rings. The van der Waals surface area contributed by atoms with E-state index in [1.807, 2.05) is 38.1 Å². The fourth-order valence-electron chi connectivity index (χ4n) is 4.13. The van der Waals surface area contributed by atoms with E-state index < -0.39 is 28.5 Å². The topological polar surface area (TPSA) is 86.8 Å². The fourth-order valence-corrected chi connectivity index (χ4v) is 6.01. The number of halogens is 2. The van der Waals surface area contributed by atoms with Crippen LogP contribution in [0.15, 0.2) is 77.7 Å². The van der Waals surface area contributed by atoms with E-state index in [9.17, 15) is 18.0 Å². The first kappa shape index (κ1) is 29.5. The van der Waals surface area contributed by atoms with Crippen LogP contribution in [0.5, 0.6) is 0 Å². The van der Waals surface area contributed by atoms with E-state index in [0.717, 1.165) is 15.4 Å². The highest BCUT2D eigenvalue weighted by Crippen LogP contribution is 2.33. The second kappa shape index (κ2) is 13.1. The van der Waals surface area contributed by atoms with E-state index in [4.69, 9.17) is 23.2 Å². The monoisotopic (exact) mass is 575 g/mol. The van der Waals surface area contributed by atoms with Crippen molar-refractivity contribution in [3.63, 3.8) is 0 Å². The number of amides is 2. The lowest BCUT2D eigenvalue weighted by Gasteiger charge is -2.33. The fraction of sp³-hybridized carbons (Fsp3) is 0.286. The maximum atomic E-state index is 14.0. The van der Waals surface area contributed by atoms with Gasteiger partial charge in [-0.1, -0.05) is 78.2 Å². The summed E-state index contributed by atoms with van der Waals surface area (Å²) in [4.78, 5) is 28.4. The van der Waals surface area contributed by atoms with Gasteiger partial charge in [-0.25, -0.2) is 8.42 Å². The molecule has 10 heteroatoms. The molecule has 1 atom stereocenters. The predicted molar refractivity (Wildman–Crippen MR) is 152 cm³/mol. The second-order valence-corrected chi connectivity index (χ2v) is 11.5. The Labute approximate surface area is 234 Å². The molecule has 2 amide bonds. The van der Waals surface area contributed by atoms with Crippen molar-refractivity contribution in [2.24, 2.45) is 0 Å². The molecule has 0 spiro atoms. The zero-order chi connectivity index (χ0) is 27.9. The van der Waals surface area contributed by atoms with E-state index in [-0.39, 0.29) is 33.1 Å². The number of benzene rings is 3. The normalized spacial score (nSPS) is 12.0. The molecule has 3 rings (SSSR count). The van der Waals surface area contributed by atoms with E-state index in [2.05, 4.69) is 5.32 Å². The van der Waals surface area contributed by atoms with Crippen molar-refractivity contribution < 1.29 is 18.0 Å². The molecule has 0 bridgehead atoms. The average Bonchev–Trinajstić information content (AvgIpc) is 2.89. The molecule has 0 unspecified atom stereocenters. The lowest BCUT2D eigenvalue weighted by atomic mass is 10.1. The number of carbonyl (C=O) groups excluding carboxylic acids is 2. The minimum Gasteiger partial charge on any atom is -0.355 e. The summed E-state index contributed by atoms with van der Waals surface area (Å²) in [5.74, 6) is -0.866. The average molecular weight is 577 g/mol. The molecule has 0 aliphatic carbocycles. The number of sulfonamides is 1. The molecule has 38 heavy (non-hydrogen) atoms. The van der Waals surface area contributed by atoms with Crippen molar-refractivity contribution >= 4 is 50.7 Å². The summed E-state index contributed by atoms with van der Waals surface area (Å²) in [6.07, 6.45) is 0.340. The Morgan fingerprint density at radius 1 is 0.947 bits per heavy atom. The Kier molecular flexibility index (Phi) is 10.2. The predicted octanol–water partition coefficient (Wildman–Crippen LogP) is 5.44. The summed E-state index contributed by atoms with van der Waals surface area (Å²) in [5, 5.41) is 3.16. The molecule has 3 aromatic carbocycles. The Hall–Kier alpha value is -3.07. The minimum atomic E-state index is -4.22. The molecular weight excluding hydrogens is 545 g/mol. The van der Waals surface area contributed by atoms with Crippen molar-refractivity contribution in [3.8, 4) is 0 Å². The van der Waals surface area contributed by atoms with Crippen LogP contribution >= 0.6 is 23.2 Å². The summed E-state index contributed by atoms with van der Waals surface area (Å²) in [6.45, 7) is 5.48. The van der Waals surface area contributed by atoms with Crippen LogP contribution in [0, 0.1) is 6.92 Å². The van der Waals surface area contributed by atoms with Crippen molar-refractivity contribution in [2.45, 2.75) is 44.7 Å². The molecule has 3 aromatic rings. The van der Waals surface area contributed by atoms with E-state index in [1.54, 1.807) is 25.1 Å². The maximum absolute atomic E-state index is 14.0. The van der Waals surface area contributed by atoms with Gasteiger partial charge < -0.3 is 10.2 Å². The Morgan fingerprint density at radius 3 is 2.29 bits per heavy atom. The smallest absolute Gasteiger partial charge is 0.264 e. The first-order valence-electron chi connectivity index (χ1n) is 12.2. The van der Waals surface area contributed by atoms with Gasteiger partial charge in [0.1, 0.15) is 12.6 Å². The molecule has 0 fully saturated rings. The number of aryl methyl sites for hydroxylation is 1. The third kappa shape index (κ3) is 7.07. The molecule has 0 radical (unpaired) electrons. The molecule has 0 heterocycles. The van der Waals surface area contributed by atoms with Crippen LogP contribution in [0.4, 0.5) is 5.69 Å². The maximum Gasteiger partial charge on any atom is 0.264 e. The second-order valence-electron chi connectivity index (χ2n) is 8.75. The highest BCUT2D eigenvalue weighted by molar-refractivity contribution is 7.92. The molecule has 0 saturated carbocycles. The van der Waals surface area contributed by atoms with Crippen LogP contribution in [0.2, 0.25) is 10.0 Å². The van der Waals surface area contributed by atoms with Gasteiger partial charge in [0.25, 0.3) is 10.0 Å². The molecule has 0 aliphatic heterocycles. The number of nitrogens with zero attached hydrogens (tertiary/aromatic N) is 2. The van der Waals surface area contributed by atoms with Crippen molar-refractivity contribution in [3.05, 3.63) is 94.0 Å². The van der Waals surface area contributed by atoms with Gasteiger partial charge in [0, 0.05) is 18.1 Å². The minimum absolute atomic E-state index is 0.00940. The Morgan fingerprint density at radius 2 is 1.66 bits per heavy atom. The number of hydrogen-bond donors (Lipinski definition) is 1. The highest BCUT2D eigenvalue weighted by atomic mass is 35.5. The third-order valence-corrected chi connectivity index (χ3v) is 8.29. The first-order valence-corrected chi connectivity index (χ1v) is 14.4. The van der Waals surface area contributed by atoms with E-state index in [0.29, 0.717) is 13.0 Å². The van der Waals surface area contributed by atoms with Crippen LogP contribution in [0.3, 0.4) is 0 Å². The van der Waals surface area contributed by atoms with Crippen molar-refractivity contribution in [1.29, 1.82) is 0 Å². The van der Waals surface area contributed by atoms with Crippen LogP contribution in [0.25, 0.3) is 0 Å². The third-order valence-electron chi connectivity index (χ3n) is 5.96. The highest BCUT2D eigenvalue weighted by Gasteiger charge is 2.34. The van der Waals surface area contributed by atoms with Crippen LogP contribution in [-0.2, 0) is 26.2 Å². The van der Waals surface area contributed by atoms with Gasteiger partial charge in [0.05, 0.1) is 15.6 Å². The van der Waals surface area contributed by atoms with Crippen molar-refractivity contribution in [1.82, 2.24) is 10.2 Å². The number of hydrogen-bond acceptors (Lipinski definition) is 4. The first-order chi connectivity index (χ1) is 18.1. The molecule has 0 aromatic heterocycles. The molecular formula is C28H31Cl2N3O4S. The molecule has 1 N–H and O–H groups in total. The molecule has 7 nitrogen and oxygen atoms in total. The van der Waals surface area contributed by atoms with Gasteiger partial charge in [0.15, 0.2) is 0 Å². The lowest BCUT2D eigenvalue weighted by Crippen LogP contribution is -2.52. The van der Waals surface area contributed by atoms with Gasteiger partial charge in [0.2, 0.25) is 11.8 Å². The number of likely N-dealkylation sites (N-methyl/N-ethyl adjacent to an activating group) is 1. The Balaban J connectivity index is 2.09. The van der Waals surface area contributed by atoms with Crippen LogP contribution in [0.1, 0.15) is 31.4 Å².